The van der Waals surface area contributed by atoms with Gasteiger partial charge >= 0.3 is 21.1 Å². The molecule has 0 saturated carbocycles. The summed E-state index contributed by atoms with van der Waals surface area (Å²) in [6, 6.07) is 15.9. The Kier molecular flexibility index (Phi) is 12.1. The number of para-hydroxylation sites is 2. The number of rotatable bonds is 8. The molecule has 4 N–H and O–H groups in total. The van der Waals surface area contributed by atoms with Gasteiger partial charge in [0.2, 0.25) is 0 Å². The van der Waals surface area contributed by atoms with E-state index in [1.807, 2.05) is 61.2 Å². The Morgan fingerprint density at radius 2 is 1.02 bits per heavy atom. The van der Waals surface area contributed by atoms with E-state index >= 15 is 0 Å². The van der Waals surface area contributed by atoms with Gasteiger partial charge in [0.1, 0.15) is 11.0 Å². The van der Waals surface area contributed by atoms with Gasteiger partial charge in [-0.25, -0.2) is 28.5 Å². The standard InChI is InChI=1S/2C17H21N5O2S.W/c2*18-17-15-16(13-3-1-2-4-14(13)20-17)21(11-19-15)8-5-12-6-9-22(10-7-12)25(23)24;/h2*1-4,11-12H,5-10H2,(H2,18,20)(H,23,24);/q;;+2/p-2. The number of fused-ring (bicyclic) bond motifs is 6. The van der Waals surface area contributed by atoms with Crippen molar-refractivity contribution in [1.82, 2.24) is 37.7 Å². The van der Waals surface area contributed by atoms with Crippen LogP contribution in [0.4, 0.5) is 11.6 Å². The van der Waals surface area contributed by atoms with Crippen molar-refractivity contribution in [3.05, 3.63) is 61.2 Å². The first-order valence-corrected chi connectivity index (χ1v) is 19.0. The van der Waals surface area contributed by atoms with Gasteiger partial charge in [-0.2, -0.15) is 0 Å². The summed E-state index contributed by atoms with van der Waals surface area (Å²) >= 11 is -4.18. The first kappa shape index (κ1) is 37.4. The van der Waals surface area contributed by atoms with Crippen LogP contribution in [0, 0.1) is 11.8 Å². The predicted molar refractivity (Wildman–Crippen MR) is 195 cm³/mol. The van der Waals surface area contributed by atoms with E-state index in [-0.39, 0.29) is 21.1 Å². The van der Waals surface area contributed by atoms with Crippen LogP contribution in [-0.4, -0.2) is 81.4 Å². The third-order valence-corrected chi connectivity index (χ3v) is 11.7. The van der Waals surface area contributed by atoms with Crippen LogP contribution in [0.25, 0.3) is 43.9 Å². The second-order valence-corrected chi connectivity index (χ2v) is 15.0. The Morgan fingerprint density at radius 3 is 1.39 bits per heavy atom. The molecule has 6 heterocycles. The molecule has 0 spiro atoms. The zero-order chi connectivity index (χ0) is 34.8. The molecule has 8 rings (SSSR count). The third-order valence-electron chi connectivity index (χ3n) is 10.1. The van der Waals surface area contributed by atoms with Crippen LogP contribution in [0.5, 0.6) is 0 Å². The smallest absolute Gasteiger partial charge is 0.760 e. The normalized spacial score (nSPS) is 17.8. The van der Waals surface area contributed by atoms with E-state index in [0.717, 1.165) is 95.5 Å². The second kappa shape index (κ2) is 16.5. The Hall–Kier alpha value is -3.37. The maximum atomic E-state index is 11.0. The Labute approximate surface area is 315 Å². The molecule has 2 saturated heterocycles. The molecule has 6 aromatic rings. The summed E-state index contributed by atoms with van der Waals surface area (Å²) in [6.07, 6.45) is 9.29. The fraction of sp³-hybridized carbons (Fsp3) is 0.412. The maximum absolute atomic E-state index is 11.0. The van der Waals surface area contributed by atoms with Crippen LogP contribution < -0.4 is 11.5 Å². The van der Waals surface area contributed by atoms with Crippen LogP contribution in [0.15, 0.2) is 61.2 Å². The van der Waals surface area contributed by atoms with E-state index in [0.29, 0.717) is 49.7 Å². The van der Waals surface area contributed by atoms with E-state index in [9.17, 15) is 17.5 Å². The quantitative estimate of drug-likeness (QED) is 0.210. The molecular weight excluding hydrogens is 860 g/mol. The number of imidazole rings is 2. The van der Waals surface area contributed by atoms with Crippen molar-refractivity contribution >= 4 is 78.0 Å². The third kappa shape index (κ3) is 8.17. The minimum Gasteiger partial charge on any atom is -0.760 e. The van der Waals surface area contributed by atoms with Gasteiger partial charge in [0.25, 0.3) is 0 Å². The Bertz CT molecular complexity index is 2030. The number of hydrogen-bond donors (Lipinski definition) is 2. The number of hydrogen-bond acceptors (Lipinski definition) is 10. The van der Waals surface area contributed by atoms with Crippen molar-refractivity contribution in [2.24, 2.45) is 11.8 Å². The topological polar surface area (TPSA) is 200 Å². The average Bonchev–Trinajstić information content (AvgIpc) is 3.77. The van der Waals surface area contributed by atoms with Gasteiger partial charge < -0.3 is 29.7 Å². The Balaban J connectivity index is 0.000000172. The molecule has 4 aromatic heterocycles. The first-order valence-electron chi connectivity index (χ1n) is 16.9. The largest absolute Gasteiger partial charge is 2.00 e. The second-order valence-electron chi connectivity index (χ2n) is 13.1. The van der Waals surface area contributed by atoms with Gasteiger partial charge in [0.05, 0.1) is 34.7 Å². The minimum atomic E-state index is -2.09. The van der Waals surface area contributed by atoms with Crippen molar-refractivity contribution < 1.29 is 38.6 Å². The number of nitrogens with two attached hydrogens (primary N) is 2. The zero-order valence-corrected chi connectivity index (χ0v) is 32.6. The van der Waals surface area contributed by atoms with Crippen LogP contribution in [-0.2, 0) is 56.7 Å². The molecule has 0 aliphatic carbocycles. The summed E-state index contributed by atoms with van der Waals surface area (Å²) in [7, 11) is 0. The monoisotopic (exact) mass is 900 g/mol. The van der Waals surface area contributed by atoms with Crippen LogP contribution in [0.2, 0.25) is 0 Å². The molecule has 2 aliphatic heterocycles. The summed E-state index contributed by atoms with van der Waals surface area (Å²) in [6.45, 7) is 4.15. The molecule has 0 bridgehead atoms. The zero-order valence-electron chi connectivity index (χ0n) is 28.0. The van der Waals surface area contributed by atoms with Gasteiger partial charge in [-0.15, -0.1) is 0 Å². The van der Waals surface area contributed by atoms with E-state index in [2.05, 4.69) is 29.1 Å². The molecule has 2 fully saturated rings. The molecule has 0 amide bonds. The number of aryl methyl sites for hydroxylation is 2. The fourth-order valence-corrected chi connectivity index (χ4v) is 8.31. The van der Waals surface area contributed by atoms with Crippen LogP contribution in [0.3, 0.4) is 0 Å². The van der Waals surface area contributed by atoms with E-state index < -0.39 is 22.5 Å². The Morgan fingerprint density at radius 1 is 0.647 bits per heavy atom. The molecular formula is C34H40N10O4S2W. The van der Waals surface area contributed by atoms with Gasteiger partial charge in [0.15, 0.2) is 11.6 Å². The predicted octanol–water partition coefficient (Wildman–Crippen LogP) is 4.12. The molecule has 51 heavy (non-hydrogen) atoms. The molecule has 14 nitrogen and oxygen atoms in total. The van der Waals surface area contributed by atoms with Crippen molar-refractivity contribution in [1.29, 1.82) is 0 Å². The number of pyridine rings is 2. The molecule has 2 atom stereocenters. The molecule has 2 aromatic carbocycles. The number of aromatic nitrogens is 6. The van der Waals surface area contributed by atoms with E-state index in [1.54, 1.807) is 0 Å². The SMILES string of the molecule is Nc1nc2ccccc2c2c1ncn2CCC1CCN(S(=O)[O-])CC1.Nc1nc2ccccc2c2c1ncn2CCC1CCN(S(=O)[O-])CC1.[W+2]. The van der Waals surface area contributed by atoms with Crippen LogP contribution in [0.1, 0.15) is 38.5 Å². The summed E-state index contributed by atoms with van der Waals surface area (Å²) in [5.74, 6) is 1.97. The van der Waals surface area contributed by atoms with Gasteiger partial charge in [-0.05, 0) is 62.5 Å². The van der Waals surface area contributed by atoms with Crippen molar-refractivity contribution in [3.63, 3.8) is 0 Å². The maximum Gasteiger partial charge on any atom is 2.00 e. The van der Waals surface area contributed by atoms with Gasteiger partial charge in [0, 0.05) is 72.6 Å². The number of anilines is 2. The summed E-state index contributed by atoms with van der Waals surface area (Å²) < 4.78 is 51.3. The first-order chi connectivity index (χ1) is 24.3. The summed E-state index contributed by atoms with van der Waals surface area (Å²) in [4.78, 5) is 17.8. The molecule has 268 valence electrons. The number of nitrogen functional groups attached to an aromatic ring is 2. The number of nitrogens with zero attached hydrogens (tertiary/aromatic N) is 8. The van der Waals surface area contributed by atoms with Crippen LogP contribution >= 0.6 is 0 Å². The van der Waals surface area contributed by atoms with Crippen molar-refractivity contribution in [2.75, 3.05) is 37.6 Å². The molecule has 17 heteroatoms. The average molecular weight is 901 g/mol. The summed E-state index contributed by atoms with van der Waals surface area (Å²) in [5.41, 5.74) is 17.4. The van der Waals surface area contributed by atoms with E-state index in [1.165, 1.54) is 8.61 Å². The number of benzene rings is 2. The fourth-order valence-electron chi connectivity index (χ4n) is 7.29. The van der Waals surface area contributed by atoms with Gasteiger partial charge in [-0.1, -0.05) is 36.4 Å². The minimum absolute atomic E-state index is 0. The molecule has 2 aliphatic rings. The molecule has 0 radical (unpaired) electrons. The molecule has 2 unspecified atom stereocenters. The van der Waals surface area contributed by atoms with Crippen molar-refractivity contribution in [2.45, 2.75) is 51.6 Å². The van der Waals surface area contributed by atoms with Crippen molar-refractivity contribution in [3.8, 4) is 0 Å². The number of piperidine rings is 2. The summed E-state index contributed by atoms with van der Waals surface area (Å²) in [5, 5.41) is 2.11. The van der Waals surface area contributed by atoms with Gasteiger partial charge in [-0.3, -0.25) is 8.42 Å². The van der Waals surface area contributed by atoms with E-state index in [4.69, 9.17) is 11.5 Å².